The van der Waals surface area contributed by atoms with Gasteiger partial charge in [-0.25, -0.2) is 14.1 Å². The van der Waals surface area contributed by atoms with E-state index in [1.165, 1.54) is 19.2 Å². The number of benzene rings is 2. The summed E-state index contributed by atoms with van der Waals surface area (Å²) in [5, 5.41) is 3.19. The van der Waals surface area contributed by atoms with Crippen molar-refractivity contribution in [3.8, 4) is 11.5 Å². The number of rotatable bonds is 10. The number of pyridine rings is 1. The molecule has 0 saturated heterocycles. The summed E-state index contributed by atoms with van der Waals surface area (Å²) < 4.78 is 33.3. The van der Waals surface area contributed by atoms with E-state index in [9.17, 15) is 18.8 Å². The van der Waals surface area contributed by atoms with E-state index in [0.717, 1.165) is 28.0 Å². The van der Waals surface area contributed by atoms with Crippen molar-refractivity contribution in [3.63, 3.8) is 0 Å². The van der Waals surface area contributed by atoms with E-state index < -0.39 is 29.3 Å². The zero-order chi connectivity index (χ0) is 31.0. The molecule has 0 radical (unpaired) electrons. The molecule has 226 valence electrons. The van der Waals surface area contributed by atoms with Crippen LogP contribution in [0.3, 0.4) is 0 Å². The average Bonchev–Trinajstić information content (AvgIpc) is 2.97. The van der Waals surface area contributed by atoms with Gasteiger partial charge >= 0.3 is 6.09 Å². The minimum Gasteiger partial charge on any atom is -0.492 e. The van der Waals surface area contributed by atoms with Gasteiger partial charge in [0.25, 0.3) is 11.8 Å². The SMILES string of the molecule is COc1c(F)cccc1SNC(=O)C1=C(NCc2ccncc2OCc2ccccc2)CCN(C(=O)OC(C)(C)C)C1=O. The number of amides is 3. The highest BCUT2D eigenvalue weighted by molar-refractivity contribution is 7.98. The number of aromatic nitrogens is 1. The maximum absolute atomic E-state index is 14.2. The standard InChI is InChI=1S/C31H33FN4O6S/c1-31(2,3)42-30(39)36-16-14-23(26(29(36)38)28(37)35-43-25-12-8-11-22(32)27(25)40-4)34-17-21-13-15-33-18-24(21)41-19-20-9-6-5-7-10-20/h5-13,15,18,34H,14,16-17,19H2,1-4H3,(H,35,37). The molecule has 0 unspecified atom stereocenters. The predicted molar refractivity (Wildman–Crippen MR) is 158 cm³/mol. The first-order valence-electron chi connectivity index (χ1n) is 13.5. The van der Waals surface area contributed by atoms with E-state index >= 15 is 0 Å². The summed E-state index contributed by atoms with van der Waals surface area (Å²) in [5.74, 6) is -1.70. The average molecular weight is 609 g/mol. The number of para-hydroxylation sites is 1. The number of hydrogen-bond donors (Lipinski definition) is 2. The van der Waals surface area contributed by atoms with E-state index in [1.54, 1.807) is 45.3 Å². The molecular weight excluding hydrogens is 575 g/mol. The fourth-order valence-electron chi connectivity index (χ4n) is 4.16. The zero-order valence-corrected chi connectivity index (χ0v) is 25.1. The lowest BCUT2D eigenvalue weighted by Gasteiger charge is -2.31. The predicted octanol–water partition coefficient (Wildman–Crippen LogP) is 5.14. The highest BCUT2D eigenvalue weighted by Crippen LogP contribution is 2.31. The van der Waals surface area contributed by atoms with Gasteiger partial charge in [-0.05, 0) is 56.5 Å². The first-order chi connectivity index (χ1) is 20.6. The molecule has 0 bridgehead atoms. The number of nitrogens with one attached hydrogen (secondary N) is 2. The van der Waals surface area contributed by atoms with Crippen molar-refractivity contribution in [2.75, 3.05) is 13.7 Å². The lowest BCUT2D eigenvalue weighted by molar-refractivity contribution is -0.130. The third-order valence-electron chi connectivity index (χ3n) is 6.18. The fourth-order valence-corrected chi connectivity index (χ4v) is 4.88. The van der Waals surface area contributed by atoms with Crippen LogP contribution in [0.2, 0.25) is 0 Å². The van der Waals surface area contributed by atoms with Crippen LogP contribution in [0.5, 0.6) is 11.5 Å². The molecule has 10 nitrogen and oxygen atoms in total. The Morgan fingerprint density at radius 2 is 1.86 bits per heavy atom. The normalized spacial score (nSPS) is 13.4. The Bertz CT molecular complexity index is 1510. The van der Waals surface area contributed by atoms with Gasteiger partial charge in [-0.15, -0.1) is 0 Å². The minimum absolute atomic E-state index is 0.00539. The Morgan fingerprint density at radius 3 is 2.58 bits per heavy atom. The second kappa shape index (κ2) is 14.1. The molecule has 1 aromatic heterocycles. The molecule has 2 aromatic carbocycles. The molecule has 43 heavy (non-hydrogen) atoms. The van der Waals surface area contributed by atoms with E-state index in [2.05, 4.69) is 15.0 Å². The van der Waals surface area contributed by atoms with Gasteiger partial charge in [-0.2, -0.15) is 0 Å². The van der Waals surface area contributed by atoms with Gasteiger partial charge in [0, 0.05) is 37.0 Å². The number of methoxy groups -OCH3 is 1. The van der Waals surface area contributed by atoms with Crippen LogP contribution >= 0.6 is 11.9 Å². The smallest absolute Gasteiger partial charge is 0.417 e. The Labute approximate surface area is 253 Å². The van der Waals surface area contributed by atoms with Gasteiger partial charge in [-0.3, -0.25) is 19.3 Å². The monoisotopic (exact) mass is 608 g/mol. The summed E-state index contributed by atoms with van der Waals surface area (Å²) in [6.45, 7) is 5.61. The molecule has 0 fully saturated rings. The summed E-state index contributed by atoms with van der Waals surface area (Å²) in [5.41, 5.74) is 0.961. The number of halogens is 1. The number of carbonyl (C=O) groups is 3. The second-order valence-corrected chi connectivity index (χ2v) is 11.3. The summed E-state index contributed by atoms with van der Waals surface area (Å²) in [6, 6.07) is 15.7. The summed E-state index contributed by atoms with van der Waals surface area (Å²) in [4.78, 5) is 45.2. The second-order valence-electron chi connectivity index (χ2n) is 10.5. The van der Waals surface area contributed by atoms with Crippen molar-refractivity contribution in [2.24, 2.45) is 0 Å². The summed E-state index contributed by atoms with van der Waals surface area (Å²) in [7, 11) is 1.31. The van der Waals surface area contributed by atoms with Crippen molar-refractivity contribution >= 4 is 29.9 Å². The Morgan fingerprint density at radius 1 is 1.09 bits per heavy atom. The molecule has 2 N–H and O–H groups in total. The van der Waals surface area contributed by atoms with Crippen LogP contribution < -0.4 is 19.5 Å². The largest absolute Gasteiger partial charge is 0.492 e. The summed E-state index contributed by atoms with van der Waals surface area (Å²) in [6.07, 6.45) is 2.54. The van der Waals surface area contributed by atoms with Crippen molar-refractivity contribution in [3.05, 3.63) is 95.2 Å². The highest BCUT2D eigenvalue weighted by Gasteiger charge is 2.37. The van der Waals surface area contributed by atoms with Crippen molar-refractivity contribution < 1.29 is 33.0 Å². The molecule has 1 aliphatic rings. The first kappa shape index (κ1) is 31.4. The van der Waals surface area contributed by atoms with Gasteiger partial charge in [0.05, 0.1) is 18.2 Å². The zero-order valence-electron chi connectivity index (χ0n) is 24.3. The van der Waals surface area contributed by atoms with Gasteiger partial charge in [0.1, 0.15) is 23.5 Å². The number of carbonyl (C=O) groups excluding carboxylic acids is 3. The minimum atomic E-state index is -0.855. The van der Waals surface area contributed by atoms with E-state index in [4.69, 9.17) is 14.2 Å². The molecule has 2 heterocycles. The molecule has 3 aromatic rings. The number of ether oxygens (including phenoxy) is 3. The molecule has 1 aliphatic heterocycles. The maximum atomic E-state index is 14.2. The van der Waals surface area contributed by atoms with Gasteiger partial charge < -0.3 is 19.5 Å². The van der Waals surface area contributed by atoms with Gasteiger partial charge in [0.2, 0.25) is 0 Å². The molecule has 0 aliphatic carbocycles. The molecule has 0 spiro atoms. The molecular formula is C31H33FN4O6S. The molecule has 0 saturated carbocycles. The molecule has 0 atom stereocenters. The van der Waals surface area contributed by atoms with E-state index in [-0.39, 0.29) is 30.8 Å². The Balaban J connectivity index is 1.57. The molecule has 4 rings (SSSR count). The van der Waals surface area contributed by atoms with Crippen LogP contribution in [0.4, 0.5) is 9.18 Å². The quantitative estimate of drug-likeness (QED) is 0.238. The van der Waals surface area contributed by atoms with E-state index in [0.29, 0.717) is 22.9 Å². The highest BCUT2D eigenvalue weighted by atomic mass is 32.2. The van der Waals surface area contributed by atoms with Crippen LogP contribution in [0.25, 0.3) is 0 Å². The third-order valence-corrected chi connectivity index (χ3v) is 7.00. The van der Waals surface area contributed by atoms with Crippen LogP contribution in [-0.4, -0.2) is 47.0 Å². The number of imide groups is 1. The lowest BCUT2D eigenvalue weighted by atomic mass is 10.0. The van der Waals surface area contributed by atoms with Crippen molar-refractivity contribution in [1.29, 1.82) is 0 Å². The third kappa shape index (κ3) is 8.25. The summed E-state index contributed by atoms with van der Waals surface area (Å²) >= 11 is 0.791. The molecule has 12 heteroatoms. The maximum Gasteiger partial charge on any atom is 0.417 e. The van der Waals surface area contributed by atoms with Crippen LogP contribution in [-0.2, 0) is 27.5 Å². The van der Waals surface area contributed by atoms with Crippen LogP contribution in [0.1, 0.15) is 38.3 Å². The number of nitrogens with zero attached hydrogens (tertiary/aromatic N) is 2. The first-order valence-corrected chi connectivity index (χ1v) is 14.3. The Kier molecular flexibility index (Phi) is 10.3. The fraction of sp³-hybridized carbons (Fsp3) is 0.290. The van der Waals surface area contributed by atoms with Crippen molar-refractivity contribution in [2.45, 2.75) is 50.8 Å². The van der Waals surface area contributed by atoms with Crippen molar-refractivity contribution in [1.82, 2.24) is 19.9 Å². The van der Waals surface area contributed by atoms with E-state index in [1.807, 2.05) is 30.3 Å². The topological polar surface area (TPSA) is 119 Å². The van der Waals surface area contributed by atoms with Gasteiger partial charge in [-0.1, -0.05) is 36.4 Å². The lowest BCUT2D eigenvalue weighted by Crippen LogP contribution is -2.48. The van der Waals surface area contributed by atoms with Crippen LogP contribution in [0.15, 0.2) is 83.2 Å². The van der Waals surface area contributed by atoms with Gasteiger partial charge in [0.15, 0.2) is 11.6 Å². The molecule has 3 amide bonds. The van der Waals surface area contributed by atoms with Crippen LogP contribution in [0, 0.1) is 5.82 Å². The number of hydrogen-bond acceptors (Lipinski definition) is 9. The Hall–Kier alpha value is -4.58.